The predicted octanol–water partition coefficient (Wildman–Crippen LogP) is 2.46. The van der Waals surface area contributed by atoms with Gasteiger partial charge in [-0.15, -0.1) is 0 Å². The van der Waals surface area contributed by atoms with Crippen LogP contribution in [0.5, 0.6) is 11.5 Å². The van der Waals surface area contributed by atoms with Gasteiger partial charge in [-0.2, -0.15) is 0 Å². The van der Waals surface area contributed by atoms with Crippen molar-refractivity contribution in [2.24, 2.45) is 11.8 Å². The van der Waals surface area contributed by atoms with Crippen LogP contribution in [0.15, 0.2) is 21.7 Å². The van der Waals surface area contributed by atoms with Gasteiger partial charge in [0.1, 0.15) is 5.82 Å². The highest BCUT2D eigenvalue weighted by molar-refractivity contribution is 6.33. The maximum absolute atomic E-state index is 13.4. The van der Waals surface area contributed by atoms with E-state index in [0.29, 0.717) is 18.0 Å². The van der Waals surface area contributed by atoms with Gasteiger partial charge in [0.25, 0.3) is 11.5 Å². The van der Waals surface area contributed by atoms with Crippen LogP contribution in [-0.2, 0) is 6.54 Å². The Morgan fingerprint density at radius 1 is 1.23 bits per heavy atom. The molecule has 3 N–H and O–H groups in total. The van der Waals surface area contributed by atoms with E-state index in [0.717, 1.165) is 0 Å². The van der Waals surface area contributed by atoms with Crippen LogP contribution in [0.25, 0.3) is 0 Å². The number of hydrogen-bond donors (Lipinski definition) is 2. The molecule has 1 aromatic heterocycles. The lowest BCUT2D eigenvalue weighted by Crippen LogP contribution is -2.43. The molecule has 0 unspecified atom stereocenters. The molecule has 0 aliphatic carbocycles. The van der Waals surface area contributed by atoms with Crippen molar-refractivity contribution < 1.29 is 14.3 Å². The van der Waals surface area contributed by atoms with Crippen molar-refractivity contribution in [3.05, 3.63) is 43.6 Å². The molecule has 3 rings (SSSR count). The van der Waals surface area contributed by atoms with E-state index in [2.05, 4.69) is 4.98 Å². The van der Waals surface area contributed by atoms with Gasteiger partial charge in [0, 0.05) is 18.7 Å². The molecule has 1 aromatic carbocycles. The Labute approximate surface area is 178 Å². The van der Waals surface area contributed by atoms with Gasteiger partial charge in [-0.3, -0.25) is 19.1 Å². The maximum Gasteiger partial charge on any atom is 0.330 e. The first-order valence-corrected chi connectivity index (χ1v) is 10.0. The highest BCUT2D eigenvalue weighted by atomic mass is 35.5. The van der Waals surface area contributed by atoms with E-state index in [9.17, 15) is 14.4 Å². The zero-order valence-corrected chi connectivity index (χ0v) is 18.1. The number of nitrogens with zero attached hydrogens (tertiary/aromatic N) is 2. The molecule has 0 fully saturated rings. The zero-order chi connectivity index (χ0) is 22.2. The monoisotopic (exact) mass is 436 g/mol. The minimum atomic E-state index is -0.724. The highest BCUT2D eigenvalue weighted by Crippen LogP contribution is 2.40. The molecule has 9 nitrogen and oxygen atoms in total. The van der Waals surface area contributed by atoms with Gasteiger partial charge in [-0.1, -0.05) is 39.3 Å². The van der Waals surface area contributed by atoms with Crippen molar-refractivity contribution in [1.82, 2.24) is 9.55 Å². The van der Waals surface area contributed by atoms with Gasteiger partial charge in [0.2, 0.25) is 6.79 Å². The molecule has 2 aromatic rings. The number of nitrogen functional groups attached to an aromatic ring is 1. The lowest BCUT2D eigenvalue weighted by molar-refractivity contribution is 0.0983. The second kappa shape index (κ2) is 8.43. The number of rotatable bonds is 6. The summed E-state index contributed by atoms with van der Waals surface area (Å²) in [7, 11) is 0. The number of ether oxygens (including phenoxy) is 2. The van der Waals surface area contributed by atoms with Crippen molar-refractivity contribution in [3.8, 4) is 11.5 Å². The molecule has 0 radical (unpaired) electrons. The Morgan fingerprint density at radius 3 is 2.57 bits per heavy atom. The molecule has 1 aliphatic heterocycles. The average Bonchev–Trinajstić information content (AvgIpc) is 3.12. The van der Waals surface area contributed by atoms with E-state index in [1.54, 1.807) is 0 Å². The molecule has 0 bridgehead atoms. The predicted molar refractivity (Wildman–Crippen MR) is 115 cm³/mol. The number of H-pyrrole nitrogens is 1. The Kier molecular flexibility index (Phi) is 6.12. The van der Waals surface area contributed by atoms with Crippen LogP contribution in [0.3, 0.4) is 0 Å². The topological polar surface area (TPSA) is 120 Å². The third kappa shape index (κ3) is 4.16. The van der Waals surface area contributed by atoms with Crippen molar-refractivity contribution >= 4 is 29.0 Å². The summed E-state index contributed by atoms with van der Waals surface area (Å²) in [6.45, 7) is 8.16. The number of amides is 1. The Balaban J connectivity index is 2.14. The summed E-state index contributed by atoms with van der Waals surface area (Å²) < 4.78 is 11.9. The molecule has 162 valence electrons. The van der Waals surface area contributed by atoms with Crippen LogP contribution in [0.1, 0.15) is 38.1 Å². The van der Waals surface area contributed by atoms with Gasteiger partial charge < -0.3 is 20.1 Å². The van der Waals surface area contributed by atoms with E-state index in [1.807, 2.05) is 27.7 Å². The van der Waals surface area contributed by atoms with E-state index in [1.165, 1.54) is 21.6 Å². The molecule has 0 atom stereocenters. The Bertz CT molecular complexity index is 1090. The second-order valence-corrected chi connectivity index (χ2v) is 8.41. The van der Waals surface area contributed by atoms with E-state index < -0.39 is 17.2 Å². The third-order valence-corrected chi connectivity index (χ3v) is 4.78. The summed E-state index contributed by atoms with van der Waals surface area (Å²) in [5.74, 6) is 0.288. The minimum absolute atomic E-state index is 0.00911. The summed E-state index contributed by atoms with van der Waals surface area (Å²) in [6, 6.07) is 2.97. The normalized spacial score (nSPS) is 12.6. The molecule has 0 spiro atoms. The molecule has 0 saturated carbocycles. The van der Waals surface area contributed by atoms with Crippen LogP contribution in [-0.4, -0.2) is 28.8 Å². The van der Waals surface area contributed by atoms with E-state index in [4.69, 9.17) is 26.8 Å². The Hall–Kier alpha value is -2.94. The summed E-state index contributed by atoms with van der Waals surface area (Å²) >= 11 is 6.23. The van der Waals surface area contributed by atoms with Crippen LogP contribution in [0, 0.1) is 11.8 Å². The van der Waals surface area contributed by atoms with Crippen LogP contribution in [0.2, 0.25) is 5.02 Å². The number of benzene rings is 1. The number of carbonyl (C=O) groups is 1. The minimum Gasteiger partial charge on any atom is -0.454 e. The third-order valence-electron chi connectivity index (χ3n) is 4.50. The first-order chi connectivity index (χ1) is 14.1. The molecule has 2 heterocycles. The fourth-order valence-corrected chi connectivity index (χ4v) is 3.54. The number of carbonyl (C=O) groups excluding carboxylic acids is 1. The van der Waals surface area contributed by atoms with Crippen LogP contribution < -0.4 is 31.4 Å². The number of nitrogens with one attached hydrogen (secondary N) is 1. The first kappa shape index (κ1) is 21.8. The summed E-state index contributed by atoms with van der Waals surface area (Å²) in [6.07, 6.45) is 0. The van der Waals surface area contributed by atoms with Crippen LogP contribution >= 0.6 is 11.6 Å². The van der Waals surface area contributed by atoms with Crippen molar-refractivity contribution in [1.29, 1.82) is 0 Å². The standard InChI is InChI=1S/C20H25ClN4O5/c1-10(2)7-24(15-17(22)25(8-11(3)4)20(28)23-18(15)26)19(27)12-5-13(21)16-14(6-12)29-9-30-16/h5-6,10-11H,7-9,22H2,1-4H3,(H,23,26,28). The quantitative estimate of drug-likeness (QED) is 0.717. The number of halogens is 1. The molecular formula is C20H25ClN4O5. The zero-order valence-electron chi connectivity index (χ0n) is 17.3. The number of anilines is 2. The maximum atomic E-state index is 13.4. The SMILES string of the molecule is CC(C)CN(C(=O)c1cc(Cl)c2c(c1)OCO2)c1c(N)n(CC(C)C)c(=O)[nH]c1=O. The molecule has 30 heavy (non-hydrogen) atoms. The number of aromatic nitrogens is 2. The molecule has 1 aliphatic rings. The molecular weight excluding hydrogens is 412 g/mol. The Morgan fingerprint density at radius 2 is 1.93 bits per heavy atom. The van der Waals surface area contributed by atoms with Gasteiger partial charge in [-0.25, -0.2) is 4.79 Å². The van der Waals surface area contributed by atoms with Gasteiger partial charge in [-0.05, 0) is 24.0 Å². The number of nitrogens with two attached hydrogens (primary N) is 1. The number of aromatic amines is 1. The summed E-state index contributed by atoms with van der Waals surface area (Å²) in [4.78, 5) is 42.0. The molecule has 10 heteroatoms. The van der Waals surface area contributed by atoms with Crippen molar-refractivity contribution in [2.45, 2.75) is 34.2 Å². The van der Waals surface area contributed by atoms with Gasteiger partial charge in [0.15, 0.2) is 17.2 Å². The van der Waals surface area contributed by atoms with Gasteiger partial charge >= 0.3 is 5.69 Å². The van der Waals surface area contributed by atoms with E-state index >= 15 is 0 Å². The first-order valence-electron chi connectivity index (χ1n) is 9.63. The fraction of sp³-hybridized carbons (Fsp3) is 0.450. The highest BCUT2D eigenvalue weighted by Gasteiger charge is 2.28. The second-order valence-electron chi connectivity index (χ2n) is 8.00. The van der Waals surface area contributed by atoms with Crippen molar-refractivity contribution in [2.75, 3.05) is 24.0 Å². The van der Waals surface area contributed by atoms with Crippen molar-refractivity contribution in [3.63, 3.8) is 0 Å². The average molecular weight is 437 g/mol. The summed E-state index contributed by atoms with van der Waals surface area (Å²) in [5, 5.41) is 0.226. The lowest BCUT2D eigenvalue weighted by atomic mass is 10.1. The van der Waals surface area contributed by atoms with Crippen LogP contribution in [0.4, 0.5) is 11.5 Å². The number of fused-ring (bicyclic) bond motifs is 1. The smallest absolute Gasteiger partial charge is 0.330 e. The lowest BCUT2D eigenvalue weighted by Gasteiger charge is -2.26. The number of hydrogen-bond acceptors (Lipinski definition) is 6. The summed E-state index contributed by atoms with van der Waals surface area (Å²) in [5.41, 5.74) is 5.03. The fourth-order valence-electron chi connectivity index (χ4n) is 3.27. The van der Waals surface area contributed by atoms with E-state index in [-0.39, 0.29) is 47.3 Å². The molecule has 1 amide bonds. The molecule has 0 saturated heterocycles. The van der Waals surface area contributed by atoms with Gasteiger partial charge in [0.05, 0.1) is 5.02 Å². The largest absolute Gasteiger partial charge is 0.454 e.